The first kappa shape index (κ1) is 16.1. The molecule has 0 bridgehead atoms. The Bertz CT molecular complexity index is 881. The summed E-state index contributed by atoms with van der Waals surface area (Å²) in [5.41, 5.74) is 2.90. The van der Waals surface area contributed by atoms with Crippen molar-refractivity contribution in [3.05, 3.63) is 70.9 Å². The molecular formula is C19H21N3O2. The van der Waals surface area contributed by atoms with Gasteiger partial charge in [-0.25, -0.2) is 0 Å². The van der Waals surface area contributed by atoms with Crippen LogP contribution in [0.1, 0.15) is 25.5 Å². The van der Waals surface area contributed by atoms with Crippen LogP contribution in [0.3, 0.4) is 0 Å². The maximum atomic E-state index is 11.9. The Kier molecular flexibility index (Phi) is 4.51. The van der Waals surface area contributed by atoms with Crippen LogP contribution in [0.25, 0.3) is 11.1 Å². The molecule has 2 heterocycles. The Morgan fingerprint density at radius 3 is 2.67 bits per heavy atom. The maximum Gasteiger partial charge on any atom is 0.254 e. The first-order valence-corrected chi connectivity index (χ1v) is 8.03. The van der Waals surface area contributed by atoms with Crippen molar-refractivity contribution < 1.29 is 4.74 Å². The van der Waals surface area contributed by atoms with E-state index in [1.54, 1.807) is 17.8 Å². The van der Waals surface area contributed by atoms with Crippen molar-refractivity contribution in [1.82, 2.24) is 14.3 Å². The van der Waals surface area contributed by atoms with Gasteiger partial charge in [-0.3, -0.25) is 9.48 Å². The summed E-state index contributed by atoms with van der Waals surface area (Å²) in [6.45, 7) is 4.52. The number of pyridine rings is 1. The molecule has 0 aliphatic rings. The number of aromatic nitrogens is 3. The molecule has 1 atom stereocenters. The van der Waals surface area contributed by atoms with Gasteiger partial charge in [0.2, 0.25) is 0 Å². The lowest BCUT2D eigenvalue weighted by Crippen LogP contribution is -2.15. The van der Waals surface area contributed by atoms with Gasteiger partial charge in [0.05, 0.1) is 18.8 Å². The third-order valence-corrected chi connectivity index (χ3v) is 4.08. The Hall–Kier alpha value is -2.82. The molecule has 0 amide bonds. The molecule has 1 aromatic carbocycles. The number of nitrogens with zero attached hydrogens (tertiary/aromatic N) is 3. The van der Waals surface area contributed by atoms with E-state index in [4.69, 9.17) is 4.74 Å². The van der Waals surface area contributed by atoms with Crippen molar-refractivity contribution in [3.8, 4) is 16.9 Å². The number of ether oxygens (including phenoxy) is 1. The number of benzene rings is 1. The fraction of sp³-hybridized carbons (Fsp3) is 0.263. The van der Waals surface area contributed by atoms with E-state index in [0.717, 1.165) is 11.1 Å². The molecule has 0 saturated carbocycles. The van der Waals surface area contributed by atoms with Crippen molar-refractivity contribution in [1.29, 1.82) is 0 Å². The SMILES string of the molecule is CCOc1cc(=O)n(C)cc1-c1cnn(C(C)c2ccccc2)c1. The normalized spacial score (nSPS) is 12.1. The third-order valence-electron chi connectivity index (χ3n) is 4.08. The Labute approximate surface area is 141 Å². The van der Waals surface area contributed by atoms with Gasteiger partial charge in [0.25, 0.3) is 5.56 Å². The monoisotopic (exact) mass is 323 g/mol. The van der Waals surface area contributed by atoms with Gasteiger partial charge in [0, 0.05) is 36.6 Å². The van der Waals surface area contributed by atoms with Gasteiger partial charge >= 0.3 is 0 Å². The molecule has 2 aromatic heterocycles. The van der Waals surface area contributed by atoms with Crippen molar-refractivity contribution in [2.45, 2.75) is 19.9 Å². The predicted molar refractivity (Wildman–Crippen MR) is 94.3 cm³/mol. The summed E-state index contributed by atoms with van der Waals surface area (Å²) < 4.78 is 9.10. The van der Waals surface area contributed by atoms with E-state index < -0.39 is 0 Å². The van der Waals surface area contributed by atoms with Gasteiger partial charge in [-0.2, -0.15) is 5.10 Å². The Balaban J connectivity index is 1.99. The summed E-state index contributed by atoms with van der Waals surface area (Å²) in [7, 11) is 1.73. The topological polar surface area (TPSA) is 49.1 Å². The van der Waals surface area contributed by atoms with Crippen LogP contribution in [0.15, 0.2) is 59.8 Å². The molecule has 3 rings (SSSR count). The van der Waals surface area contributed by atoms with Crippen LogP contribution in [0.5, 0.6) is 5.75 Å². The molecule has 0 radical (unpaired) electrons. The second-order valence-electron chi connectivity index (χ2n) is 5.73. The quantitative estimate of drug-likeness (QED) is 0.724. The van der Waals surface area contributed by atoms with E-state index in [1.165, 1.54) is 11.6 Å². The van der Waals surface area contributed by atoms with E-state index in [1.807, 2.05) is 42.2 Å². The summed E-state index contributed by atoms with van der Waals surface area (Å²) in [5.74, 6) is 0.590. The molecule has 0 fully saturated rings. The van der Waals surface area contributed by atoms with Crippen LogP contribution in [0.2, 0.25) is 0 Å². The predicted octanol–water partition coefficient (Wildman–Crippen LogP) is 3.26. The van der Waals surface area contributed by atoms with E-state index in [0.29, 0.717) is 12.4 Å². The minimum Gasteiger partial charge on any atom is -0.493 e. The molecule has 24 heavy (non-hydrogen) atoms. The van der Waals surface area contributed by atoms with Gasteiger partial charge in [0.1, 0.15) is 5.75 Å². The zero-order valence-corrected chi connectivity index (χ0v) is 14.1. The van der Waals surface area contributed by atoms with Crippen LogP contribution in [-0.2, 0) is 7.05 Å². The van der Waals surface area contributed by atoms with Gasteiger partial charge in [-0.1, -0.05) is 30.3 Å². The minimum absolute atomic E-state index is 0.0905. The van der Waals surface area contributed by atoms with Gasteiger partial charge < -0.3 is 9.30 Å². The Morgan fingerprint density at radius 2 is 1.96 bits per heavy atom. The molecular weight excluding hydrogens is 302 g/mol. The Morgan fingerprint density at radius 1 is 1.21 bits per heavy atom. The summed E-state index contributed by atoms with van der Waals surface area (Å²) in [4.78, 5) is 11.9. The lowest BCUT2D eigenvalue weighted by molar-refractivity contribution is 0.340. The van der Waals surface area contributed by atoms with Crippen LogP contribution >= 0.6 is 0 Å². The molecule has 0 spiro atoms. The van der Waals surface area contributed by atoms with Crippen molar-refractivity contribution in [3.63, 3.8) is 0 Å². The molecule has 0 N–H and O–H groups in total. The lowest BCUT2D eigenvalue weighted by atomic mass is 10.1. The fourth-order valence-corrected chi connectivity index (χ4v) is 2.68. The largest absolute Gasteiger partial charge is 0.493 e. The average Bonchev–Trinajstić information content (AvgIpc) is 3.08. The number of hydrogen-bond acceptors (Lipinski definition) is 3. The third kappa shape index (κ3) is 3.11. The average molecular weight is 323 g/mol. The highest BCUT2D eigenvalue weighted by Crippen LogP contribution is 2.29. The number of aryl methyl sites for hydroxylation is 1. The van der Waals surface area contributed by atoms with Crippen LogP contribution in [-0.4, -0.2) is 21.0 Å². The zero-order chi connectivity index (χ0) is 17.1. The molecule has 1 unspecified atom stereocenters. The first-order chi connectivity index (χ1) is 11.6. The van der Waals surface area contributed by atoms with E-state index in [-0.39, 0.29) is 11.6 Å². The second-order valence-corrected chi connectivity index (χ2v) is 5.73. The van der Waals surface area contributed by atoms with Gasteiger partial charge in [0.15, 0.2) is 0 Å². The molecule has 0 aliphatic heterocycles. The van der Waals surface area contributed by atoms with Crippen molar-refractivity contribution in [2.24, 2.45) is 7.05 Å². The molecule has 5 nitrogen and oxygen atoms in total. The van der Waals surface area contributed by atoms with E-state index in [2.05, 4.69) is 24.2 Å². The van der Waals surface area contributed by atoms with Crippen molar-refractivity contribution >= 4 is 0 Å². The standard InChI is InChI=1S/C19H21N3O2/c1-4-24-18-10-19(23)21(3)13-17(18)16-11-20-22(12-16)14(2)15-8-6-5-7-9-15/h5-14H,4H2,1-3H3. The molecule has 3 aromatic rings. The van der Waals surface area contributed by atoms with Crippen LogP contribution in [0.4, 0.5) is 0 Å². The van der Waals surface area contributed by atoms with Crippen LogP contribution in [0, 0.1) is 0 Å². The number of rotatable bonds is 5. The highest BCUT2D eigenvalue weighted by Gasteiger charge is 2.14. The fourth-order valence-electron chi connectivity index (χ4n) is 2.68. The highest BCUT2D eigenvalue weighted by atomic mass is 16.5. The van der Waals surface area contributed by atoms with Crippen molar-refractivity contribution in [2.75, 3.05) is 6.61 Å². The summed E-state index contributed by atoms with van der Waals surface area (Å²) in [6, 6.07) is 11.9. The smallest absolute Gasteiger partial charge is 0.254 e. The minimum atomic E-state index is -0.0905. The summed E-state index contributed by atoms with van der Waals surface area (Å²) in [5, 5.41) is 4.50. The van der Waals surface area contributed by atoms with Gasteiger partial charge in [-0.05, 0) is 19.4 Å². The maximum absolute atomic E-state index is 11.9. The zero-order valence-electron chi connectivity index (χ0n) is 14.1. The van der Waals surface area contributed by atoms with E-state index >= 15 is 0 Å². The highest BCUT2D eigenvalue weighted by molar-refractivity contribution is 5.68. The first-order valence-electron chi connectivity index (χ1n) is 8.03. The molecule has 0 saturated heterocycles. The van der Waals surface area contributed by atoms with Crippen LogP contribution < -0.4 is 10.3 Å². The second kappa shape index (κ2) is 6.74. The van der Waals surface area contributed by atoms with Gasteiger partial charge in [-0.15, -0.1) is 0 Å². The summed E-state index contributed by atoms with van der Waals surface area (Å²) >= 11 is 0. The summed E-state index contributed by atoms with van der Waals surface area (Å²) in [6.07, 6.45) is 5.59. The van der Waals surface area contributed by atoms with E-state index in [9.17, 15) is 4.79 Å². The lowest BCUT2D eigenvalue weighted by Gasteiger charge is -2.12. The molecule has 0 aliphatic carbocycles. The molecule has 124 valence electrons. The molecule has 5 heteroatoms. The number of hydrogen-bond donors (Lipinski definition) is 0.